The second-order valence-electron chi connectivity index (χ2n) is 4.65. The molecule has 0 saturated carbocycles. The maximum absolute atomic E-state index is 12.0. The zero-order valence-electron chi connectivity index (χ0n) is 10.8. The highest BCUT2D eigenvalue weighted by atomic mass is 32.2. The van der Waals surface area contributed by atoms with Crippen LogP contribution in [0.15, 0.2) is 47.8 Å². The Bertz CT molecular complexity index is 571. The Balaban J connectivity index is 1.76. The first-order valence-corrected chi connectivity index (χ1v) is 8.36. The SMILES string of the molecule is O=C1CS[C@@H](c2cccs2)N1C[C@@H](O)c1ccccc1. The van der Waals surface area contributed by atoms with Gasteiger partial charge < -0.3 is 10.0 Å². The van der Waals surface area contributed by atoms with E-state index in [4.69, 9.17) is 0 Å². The Morgan fingerprint density at radius 2 is 2.05 bits per heavy atom. The molecule has 0 bridgehead atoms. The third-order valence-corrected chi connectivity index (χ3v) is 5.62. The average Bonchev–Trinajstić information content (AvgIpc) is 3.11. The van der Waals surface area contributed by atoms with Crippen molar-refractivity contribution in [1.82, 2.24) is 4.90 Å². The molecule has 1 aliphatic rings. The minimum atomic E-state index is -0.638. The van der Waals surface area contributed by atoms with Gasteiger partial charge in [-0.15, -0.1) is 23.1 Å². The van der Waals surface area contributed by atoms with E-state index in [0.717, 1.165) is 5.56 Å². The molecular formula is C15H15NO2S2. The topological polar surface area (TPSA) is 40.5 Å². The van der Waals surface area contributed by atoms with Gasteiger partial charge in [0, 0.05) is 4.88 Å². The number of nitrogens with zero attached hydrogens (tertiary/aromatic N) is 1. The fourth-order valence-corrected chi connectivity index (χ4v) is 4.46. The summed E-state index contributed by atoms with van der Waals surface area (Å²) in [6.45, 7) is 0.346. The molecule has 2 aromatic rings. The fourth-order valence-electron chi connectivity index (χ4n) is 2.29. The Hall–Kier alpha value is -1.30. The largest absolute Gasteiger partial charge is 0.387 e. The van der Waals surface area contributed by atoms with Crippen molar-refractivity contribution in [2.75, 3.05) is 12.3 Å². The van der Waals surface area contributed by atoms with Crippen molar-refractivity contribution in [3.63, 3.8) is 0 Å². The number of amides is 1. The van der Waals surface area contributed by atoms with Gasteiger partial charge >= 0.3 is 0 Å². The molecule has 1 aliphatic heterocycles. The van der Waals surface area contributed by atoms with Gasteiger partial charge in [0.2, 0.25) is 5.91 Å². The van der Waals surface area contributed by atoms with Gasteiger partial charge in [-0.05, 0) is 17.0 Å². The van der Waals surface area contributed by atoms with Crippen molar-refractivity contribution in [3.05, 3.63) is 58.3 Å². The lowest BCUT2D eigenvalue weighted by Gasteiger charge is -2.25. The van der Waals surface area contributed by atoms with Crippen LogP contribution in [0.1, 0.15) is 21.9 Å². The van der Waals surface area contributed by atoms with Gasteiger partial charge in [-0.3, -0.25) is 4.79 Å². The molecule has 1 saturated heterocycles. The van der Waals surface area contributed by atoms with Crippen LogP contribution in [0.5, 0.6) is 0 Å². The minimum Gasteiger partial charge on any atom is -0.387 e. The van der Waals surface area contributed by atoms with E-state index in [-0.39, 0.29) is 11.3 Å². The molecule has 0 radical (unpaired) electrons. The van der Waals surface area contributed by atoms with E-state index in [1.165, 1.54) is 4.88 Å². The molecule has 20 heavy (non-hydrogen) atoms. The van der Waals surface area contributed by atoms with E-state index in [2.05, 4.69) is 0 Å². The first-order chi connectivity index (χ1) is 9.75. The lowest BCUT2D eigenvalue weighted by atomic mass is 10.1. The van der Waals surface area contributed by atoms with E-state index >= 15 is 0 Å². The normalized spacial score (nSPS) is 20.4. The summed E-state index contributed by atoms with van der Waals surface area (Å²) < 4.78 is 0. The van der Waals surface area contributed by atoms with Gasteiger partial charge in [0.25, 0.3) is 0 Å². The first kappa shape index (κ1) is 13.7. The standard InChI is InChI=1S/C15H15NO2S2/c17-12(11-5-2-1-3-6-11)9-16-14(18)10-20-15(16)13-7-4-8-19-13/h1-8,12,15,17H,9-10H2/t12-,15+/m1/s1. The zero-order chi connectivity index (χ0) is 13.9. The van der Waals surface area contributed by atoms with Gasteiger partial charge in [0.1, 0.15) is 5.37 Å². The summed E-state index contributed by atoms with van der Waals surface area (Å²) in [5, 5.41) is 12.4. The number of carbonyl (C=O) groups excluding carboxylic acids is 1. The number of thiophene rings is 1. The van der Waals surface area contributed by atoms with Crippen molar-refractivity contribution < 1.29 is 9.90 Å². The predicted octanol–water partition coefficient (Wildman–Crippen LogP) is 3.06. The number of rotatable bonds is 4. The molecule has 0 unspecified atom stereocenters. The number of thioether (sulfide) groups is 1. The van der Waals surface area contributed by atoms with Crippen molar-refractivity contribution >= 4 is 29.0 Å². The van der Waals surface area contributed by atoms with Crippen LogP contribution < -0.4 is 0 Å². The molecule has 1 amide bonds. The number of aliphatic hydroxyl groups is 1. The summed E-state index contributed by atoms with van der Waals surface area (Å²) in [5.74, 6) is 0.591. The second kappa shape index (κ2) is 5.99. The molecular weight excluding hydrogens is 290 g/mol. The third-order valence-electron chi connectivity index (χ3n) is 3.31. The van der Waals surface area contributed by atoms with Crippen LogP contribution in [-0.2, 0) is 4.79 Å². The van der Waals surface area contributed by atoms with Crippen molar-refractivity contribution in [2.45, 2.75) is 11.5 Å². The van der Waals surface area contributed by atoms with Crippen molar-refractivity contribution in [2.24, 2.45) is 0 Å². The number of aliphatic hydroxyl groups excluding tert-OH is 1. The maximum atomic E-state index is 12.0. The quantitative estimate of drug-likeness (QED) is 0.944. The van der Waals surface area contributed by atoms with Gasteiger partial charge in [-0.25, -0.2) is 0 Å². The number of carbonyl (C=O) groups is 1. The summed E-state index contributed by atoms with van der Waals surface area (Å²) in [6.07, 6.45) is -0.638. The van der Waals surface area contributed by atoms with E-state index in [0.29, 0.717) is 12.3 Å². The molecule has 104 valence electrons. The Morgan fingerprint density at radius 1 is 1.25 bits per heavy atom. The summed E-state index contributed by atoms with van der Waals surface area (Å²) in [4.78, 5) is 15.0. The van der Waals surface area contributed by atoms with Gasteiger partial charge in [0.05, 0.1) is 18.4 Å². The predicted molar refractivity (Wildman–Crippen MR) is 82.6 cm³/mol. The van der Waals surface area contributed by atoms with Gasteiger partial charge in [-0.1, -0.05) is 36.4 Å². The molecule has 1 aromatic heterocycles. The summed E-state index contributed by atoms with van der Waals surface area (Å²) in [6, 6.07) is 13.5. The van der Waals surface area contributed by atoms with Crippen LogP contribution in [0.2, 0.25) is 0 Å². The lowest BCUT2D eigenvalue weighted by molar-refractivity contribution is -0.129. The fraction of sp³-hybridized carbons (Fsp3) is 0.267. The van der Waals surface area contributed by atoms with E-state index in [1.54, 1.807) is 28.0 Å². The average molecular weight is 305 g/mol. The van der Waals surface area contributed by atoms with E-state index in [9.17, 15) is 9.90 Å². The summed E-state index contributed by atoms with van der Waals surface area (Å²) in [5.41, 5.74) is 0.849. The third kappa shape index (κ3) is 2.75. The molecule has 1 aromatic carbocycles. The second-order valence-corrected chi connectivity index (χ2v) is 6.70. The number of β-amino-alcohol motifs (C(OH)–C–C–N with tert-alkyl or cyclic N) is 1. The highest BCUT2D eigenvalue weighted by molar-refractivity contribution is 8.00. The highest BCUT2D eigenvalue weighted by Gasteiger charge is 2.34. The number of hydrogen-bond acceptors (Lipinski definition) is 4. The summed E-state index contributed by atoms with van der Waals surface area (Å²) >= 11 is 3.28. The molecule has 0 aliphatic carbocycles. The lowest BCUT2D eigenvalue weighted by Crippen LogP contribution is -2.32. The molecule has 1 N–H and O–H groups in total. The molecule has 2 heterocycles. The Kier molecular flexibility index (Phi) is 4.10. The summed E-state index contributed by atoms with van der Waals surface area (Å²) in [7, 11) is 0. The molecule has 3 nitrogen and oxygen atoms in total. The number of hydrogen-bond donors (Lipinski definition) is 1. The Labute approximate surface area is 126 Å². The molecule has 5 heteroatoms. The van der Waals surface area contributed by atoms with E-state index < -0.39 is 6.10 Å². The van der Waals surface area contributed by atoms with Crippen molar-refractivity contribution in [1.29, 1.82) is 0 Å². The monoisotopic (exact) mass is 305 g/mol. The van der Waals surface area contributed by atoms with Crippen LogP contribution in [0.3, 0.4) is 0 Å². The van der Waals surface area contributed by atoms with Gasteiger partial charge in [-0.2, -0.15) is 0 Å². The molecule has 0 spiro atoms. The van der Waals surface area contributed by atoms with Gasteiger partial charge in [0.15, 0.2) is 0 Å². The molecule has 1 fully saturated rings. The molecule has 2 atom stereocenters. The van der Waals surface area contributed by atoms with Crippen molar-refractivity contribution in [3.8, 4) is 0 Å². The number of benzene rings is 1. The van der Waals surface area contributed by atoms with Crippen LogP contribution >= 0.6 is 23.1 Å². The minimum absolute atomic E-state index is 0.0425. The Morgan fingerprint density at radius 3 is 2.75 bits per heavy atom. The van der Waals surface area contributed by atoms with Crippen LogP contribution in [-0.4, -0.2) is 28.2 Å². The first-order valence-electron chi connectivity index (χ1n) is 6.43. The van der Waals surface area contributed by atoms with Crippen LogP contribution in [0.25, 0.3) is 0 Å². The maximum Gasteiger partial charge on any atom is 0.233 e. The highest BCUT2D eigenvalue weighted by Crippen LogP contribution is 2.41. The zero-order valence-corrected chi connectivity index (χ0v) is 12.4. The molecule has 3 rings (SSSR count). The van der Waals surface area contributed by atoms with E-state index in [1.807, 2.05) is 47.8 Å². The smallest absolute Gasteiger partial charge is 0.233 e. The van der Waals surface area contributed by atoms with Crippen LogP contribution in [0, 0.1) is 0 Å². The van der Waals surface area contributed by atoms with Crippen LogP contribution in [0.4, 0.5) is 0 Å².